The Hall–Kier alpha value is -3.54. The van der Waals surface area contributed by atoms with Gasteiger partial charge in [-0.05, 0) is 50.1 Å². The first-order valence-corrected chi connectivity index (χ1v) is 15.8. The third-order valence-corrected chi connectivity index (χ3v) is 8.93. The predicted octanol–water partition coefficient (Wildman–Crippen LogP) is 6.13. The molecule has 0 spiro atoms. The average molecular weight is 606 g/mol. The van der Waals surface area contributed by atoms with Gasteiger partial charge in [-0.3, -0.25) is 9.97 Å². The number of halogens is 1. The number of nitrogens with zero attached hydrogens (tertiary/aromatic N) is 7. The highest BCUT2D eigenvalue weighted by molar-refractivity contribution is 8.00. The second-order valence-electron chi connectivity index (χ2n) is 10.6. The van der Waals surface area contributed by atoms with E-state index >= 15 is 0 Å². The fourth-order valence-electron chi connectivity index (χ4n) is 5.35. The number of hydrogen-bond acceptors (Lipinski definition) is 11. The van der Waals surface area contributed by atoms with Gasteiger partial charge in [-0.2, -0.15) is 4.98 Å². The Morgan fingerprint density at radius 1 is 1.05 bits per heavy atom. The van der Waals surface area contributed by atoms with Crippen LogP contribution in [0.2, 0.25) is 5.02 Å². The van der Waals surface area contributed by atoms with Crippen molar-refractivity contribution in [3.05, 3.63) is 53.4 Å². The van der Waals surface area contributed by atoms with Crippen molar-refractivity contribution in [3.8, 4) is 5.75 Å². The Balaban J connectivity index is 1.32. The van der Waals surface area contributed by atoms with Gasteiger partial charge in [0.25, 0.3) is 0 Å². The third-order valence-electron chi connectivity index (χ3n) is 7.78. The van der Waals surface area contributed by atoms with Gasteiger partial charge in [0.15, 0.2) is 5.82 Å². The number of methoxy groups -OCH3 is 1. The van der Waals surface area contributed by atoms with Crippen LogP contribution in [0, 0.1) is 0 Å². The smallest absolute Gasteiger partial charge is 0.229 e. The number of aromatic nitrogens is 4. The van der Waals surface area contributed by atoms with E-state index in [1.54, 1.807) is 37.6 Å². The number of likely N-dealkylation sites (N-methyl/N-ethyl adjacent to an activating group) is 1. The summed E-state index contributed by atoms with van der Waals surface area (Å²) < 4.78 is 8.14. The molecule has 1 aliphatic heterocycles. The van der Waals surface area contributed by atoms with Gasteiger partial charge in [-0.15, -0.1) is 0 Å². The van der Waals surface area contributed by atoms with Gasteiger partial charge in [0.2, 0.25) is 5.95 Å². The van der Waals surface area contributed by atoms with Crippen molar-refractivity contribution in [2.45, 2.75) is 32.2 Å². The SMILES string of the molecule is CCc1cc(Nc2ncc(Cl)c(Nc3ccc4nccnc4c3N(SC)C3CC3)n2)c(OC)cc1N1CCN(C)CC1. The number of ether oxygens (including phenoxy) is 1. The maximum absolute atomic E-state index is 6.64. The van der Waals surface area contributed by atoms with E-state index in [4.69, 9.17) is 21.3 Å². The molecule has 0 amide bonds. The molecule has 2 aliphatic rings. The van der Waals surface area contributed by atoms with E-state index in [1.807, 2.05) is 12.1 Å². The Bertz CT molecular complexity index is 1580. The van der Waals surface area contributed by atoms with Crippen molar-refractivity contribution in [1.82, 2.24) is 24.8 Å². The zero-order valence-corrected chi connectivity index (χ0v) is 26.0. The van der Waals surface area contributed by atoms with Crippen LogP contribution >= 0.6 is 23.5 Å². The quantitative estimate of drug-likeness (QED) is 0.204. The molecule has 0 unspecified atom stereocenters. The molecule has 1 aliphatic carbocycles. The van der Waals surface area contributed by atoms with Crippen LogP contribution in [0.5, 0.6) is 5.75 Å². The van der Waals surface area contributed by atoms with Crippen LogP contribution in [-0.2, 0) is 6.42 Å². The lowest BCUT2D eigenvalue weighted by molar-refractivity contribution is 0.312. The summed E-state index contributed by atoms with van der Waals surface area (Å²) in [7, 11) is 3.86. The fourth-order valence-corrected chi connectivity index (χ4v) is 6.36. The normalized spacial score (nSPS) is 15.6. The summed E-state index contributed by atoms with van der Waals surface area (Å²) in [6, 6.07) is 8.70. The number of nitrogens with one attached hydrogen (secondary N) is 2. The zero-order chi connectivity index (χ0) is 29.2. The molecule has 1 saturated carbocycles. The predicted molar refractivity (Wildman–Crippen MR) is 174 cm³/mol. The molecule has 1 saturated heterocycles. The van der Waals surface area contributed by atoms with Gasteiger partial charge in [0.1, 0.15) is 16.3 Å². The Labute approximate surface area is 256 Å². The van der Waals surface area contributed by atoms with Crippen molar-refractivity contribution < 1.29 is 4.74 Å². The highest BCUT2D eigenvalue weighted by Gasteiger charge is 2.32. The summed E-state index contributed by atoms with van der Waals surface area (Å²) in [5.74, 6) is 1.66. The lowest BCUT2D eigenvalue weighted by Crippen LogP contribution is -2.44. The van der Waals surface area contributed by atoms with E-state index in [0.29, 0.717) is 22.8 Å². The number of anilines is 6. The summed E-state index contributed by atoms with van der Waals surface area (Å²) in [6.45, 7) is 6.25. The van der Waals surface area contributed by atoms with Crippen LogP contribution in [0.1, 0.15) is 25.3 Å². The number of fused-ring (bicyclic) bond motifs is 1. The van der Waals surface area contributed by atoms with Crippen LogP contribution in [0.15, 0.2) is 42.9 Å². The molecule has 2 aromatic heterocycles. The highest BCUT2D eigenvalue weighted by atomic mass is 35.5. The second-order valence-corrected chi connectivity index (χ2v) is 11.8. The minimum Gasteiger partial charge on any atom is -0.494 e. The van der Waals surface area contributed by atoms with E-state index in [9.17, 15) is 0 Å². The van der Waals surface area contributed by atoms with Crippen molar-refractivity contribution in [3.63, 3.8) is 0 Å². The molecule has 2 fully saturated rings. The topological polar surface area (TPSA) is 94.6 Å². The lowest BCUT2D eigenvalue weighted by atomic mass is 10.1. The van der Waals surface area contributed by atoms with E-state index in [-0.39, 0.29) is 0 Å². The number of aryl methyl sites for hydroxylation is 1. The number of hydrogen-bond donors (Lipinski definition) is 2. The van der Waals surface area contributed by atoms with Gasteiger partial charge in [-0.25, -0.2) is 4.98 Å². The van der Waals surface area contributed by atoms with Gasteiger partial charge >= 0.3 is 0 Å². The molecular weight excluding hydrogens is 570 g/mol. The molecule has 10 nitrogen and oxygen atoms in total. The first kappa shape index (κ1) is 28.6. The summed E-state index contributed by atoms with van der Waals surface area (Å²) in [5, 5.41) is 7.28. The van der Waals surface area contributed by atoms with E-state index < -0.39 is 0 Å². The Kier molecular flexibility index (Phi) is 8.41. The minimum absolute atomic E-state index is 0.416. The number of rotatable bonds is 10. The largest absolute Gasteiger partial charge is 0.494 e. The molecule has 220 valence electrons. The monoisotopic (exact) mass is 605 g/mol. The summed E-state index contributed by atoms with van der Waals surface area (Å²) >= 11 is 8.32. The first-order valence-electron chi connectivity index (χ1n) is 14.3. The van der Waals surface area contributed by atoms with Gasteiger partial charge in [0, 0.05) is 62.6 Å². The van der Waals surface area contributed by atoms with Crippen molar-refractivity contribution in [2.24, 2.45) is 0 Å². The van der Waals surface area contributed by atoms with Crippen molar-refractivity contribution >= 4 is 69.1 Å². The van der Waals surface area contributed by atoms with Crippen LogP contribution < -0.4 is 24.6 Å². The molecule has 6 rings (SSSR count). The fraction of sp³-hybridized carbons (Fsp3) is 0.400. The molecule has 4 aromatic rings. The summed E-state index contributed by atoms with van der Waals surface area (Å²) in [4.78, 5) is 23.3. The average Bonchev–Trinajstić information content (AvgIpc) is 3.86. The molecule has 0 bridgehead atoms. The van der Waals surface area contributed by atoms with Gasteiger partial charge in [-0.1, -0.05) is 30.5 Å². The minimum atomic E-state index is 0.416. The molecule has 3 heterocycles. The number of piperazine rings is 1. The molecule has 0 atom stereocenters. The summed E-state index contributed by atoms with van der Waals surface area (Å²) in [6.07, 6.45) is 10.3. The molecule has 2 aromatic carbocycles. The molecule has 2 N–H and O–H groups in total. The van der Waals surface area contributed by atoms with E-state index in [0.717, 1.165) is 79.3 Å². The molecular formula is C30H36ClN9OS. The van der Waals surface area contributed by atoms with Crippen LogP contribution in [0.3, 0.4) is 0 Å². The van der Waals surface area contributed by atoms with Crippen molar-refractivity contribution in [1.29, 1.82) is 0 Å². The van der Waals surface area contributed by atoms with Crippen LogP contribution in [0.4, 0.5) is 34.5 Å². The Morgan fingerprint density at radius 3 is 2.55 bits per heavy atom. The number of benzene rings is 2. The Morgan fingerprint density at radius 2 is 1.83 bits per heavy atom. The van der Waals surface area contributed by atoms with E-state index in [1.165, 1.54) is 11.3 Å². The van der Waals surface area contributed by atoms with E-state index in [2.05, 4.69) is 72.1 Å². The van der Waals surface area contributed by atoms with Crippen LogP contribution in [0.25, 0.3) is 11.0 Å². The molecule has 12 heteroatoms. The van der Waals surface area contributed by atoms with Gasteiger partial charge < -0.3 is 29.5 Å². The molecule has 42 heavy (non-hydrogen) atoms. The van der Waals surface area contributed by atoms with Crippen molar-refractivity contribution in [2.75, 3.05) is 66.4 Å². The zero-order valence-electron chi connectivity index (χ0n) is 24.4. The third kappa shape index (κ3) is 5.86. The maximum Gasteiger partial charge on any atom is 0.229 e. The molecule has 0 radical (unpaired) electrons. The van der Waals surface area contributed by atoms with Crippen LogP contribution in [-0.4, -0.2) is 77.5 Å². The first-order chi connectivity index (χ1) is 20.5. The van der Waals surface area contributed by atoms with Gasteiger partial charge in [0.05, 0.1) is 35.9 Å². The maximum atomic E-state index is 6.64. The summed E-state index contributed by atoms with van der Waals surface area (Å²) in [5.41, 5.74) is 6.79. The standard InChI is InChI=1S/C30H36ClN9OS/c1-5-19-16-24(26(41-3)17-25(19)39-14-12-38(2)13-15-39)36-30-34-18-21(31)29(37-30)35-23-9-8-22-27(33-11-10-32-22)28(23)40(42-4)20-6-7-20/h8-11,16-18,20H,5-7,12-15H2,1-4H3,(H2,34,35,36,37). The highest BCUT2D eigenvalue weighted by Crippen LogP contribution is 2.44. The second kappa shape index (κ2) is 12.4. The lowest BCUT2D eigenvalue weighted by Gasteiger charge is -2.35.